The van der Waals surface area contributed by atoms with Crippen LogP contribution >= 0.6 is 22.7 Å². The Morgan fingerprint density at radius 1 is 1.15 bits per heavy atom. The summed E-state index contributed by atoms with van der Waals surface area (Å²) in [6.07, 6.45) is 0. The zero-order valence-electron chi connectivity index (χ0n) is 15.0. The second kappa shape index (κ2) is 8.06. The number of hydrogen-bond donors (Lipinski definition) is 0. The predicted molar refractivity (Wildman–Crippen MR) is 109 cm³/mol. The molecule has 4 rings (SSSR count). The first-order valence-electron chi connectivity index (χ1n) is 8.78. The van der Waals surface area contributed by atoms with Crippen LogP contribution in [-0.4, -0.2) is 53.8 Å². The normalized spacial score (nSPS) is 14.4. The molecule has 0 bridgehead atoms. The smallest absolute Gasteiger partial charge is 0.260 e. The molecule has 1 aromatic carbocycles. The molecule has 0 saturated carbocycles. The van der Waals surface area contributed by atoms with Gasteiger partial charge in [0.25, 0.3) is 5.91 Å². The minimum Gasteiger partial charge on any atom is -0.484 e. The van der Waals surface area contributed by atoms with E-state index in [2.05, 4.69) is 21.2 Å². The highest BCUT2D eigenvalue weighted by molar-refractivity contribution is 7.22. The number of ether oxygens (including phenoxy) is 1. The average molecular weight is 401 g/mol. The first-order valence-corrected chi connectivity index (χ1v) is 10.5. The minimum absolute atomic E-state index is 0.0210. The molecule has 1 saturated heterocycles. The number of amides is 1. The summed E-state index contributed by atoms with van der Waals surface area (Å²) in [5.74, 6) is 0.754. The van der Waals surface area contributed by atoms with Crippen LogP contribution in [0, 0.1) is 6.92 Å². The van der Waals surface area contributed by atoms with Crippen molar-refractivity contribution in [3.63, 3.8) is 0 Å². The summed E-state index contributed by atoms with van der Waals surface area (Å²) >= 11 is 3.27. The zero-order chi connectivity index (χ0) is 18.6. The Hall–Kier alpha value is -2.45. The molecule has 3 aromatic rings. The van der Waals surface area contributed by atoms with Crippen LogP contribution in [0.2, 0.25) is 0 Å². The number of aromatic nitrogens is 2. The molecule has 3 heterocycles. The molecule has 1 aliphatic rings. The lowest BCUT2D eigenvalue weighted by molar-refractivity contribution is -0.133. The van der Waals surface area contributed by atoms with Crippen molar-refractivity contribution in [1.82, 2.24) is 15.1 Å². The number of benzene rings is 1. The summed E-state index contributed by atoms with van der Waals surface area (Å²) in [5, 5.41) is 12.5. The van der Waals surface area contributed by atoms with E-state index in [-0.39, 0.29) is 12.5 Å². The van der Waals surface area contributed by atoms with Gasteiger partial charge in [-0.05, 0) is 36.1 Å². The van der Waals surface area contributed by atoms with Gasteiger partial charge in [-0.1, -0.05) is 29.5 Å². The summed E-state index contributed by atoms with van der Waals surface area (Å²) in [5.41, 5.74) is 1.12. The summed E-state index contributed by atoms with van der Waals surface area (Å²) in [6, 6.07) is 11.8. The van der Waals surface area contributed by atoms with Crippen molar-refractivity contribution in [2.45, 2.75) is 6.92 Å². The van der Waals surface area contributed by atoms with Gasteiger partial charge in [-0.3, -0.25) is 4.79 Å². The van der Waals surface area contributed by atoms with Gasteiger partial charge in [0, 0.05) is 26.2 Å². The molecular formula is C19H20N4O2S2. The Bertz CT molecular complexity index is 902. The van der Waals surface area contributed by atoms with Gasteiger partial charge < -0.3 is 14.5 Å². The third-order valence-electron chi connectivity index (χ3n) is 4.40. The van der Waals surface area contributed by atoms with E-state index >= 15 is 0 Å². The van der Waals surface area contributed by atoms with Crippen molar-refractivity contribution >= 4 is 33.7 Å². The van der Waals surface area contributed by atoms with E-state index in [0.717, 1.165) is 39.4 Å². The van der Waals surface area contributed by atoms with Crippen molar-refractivity contribution in [1.29, 1.82) is 0 Å². The number of hydrogen-bond acceptors (Lipinski definition) is 7. The topological polar surface area (TPSA) is 58.6 Å². The summed E-state index contributed by atoms with van der Waals surface area (Å²) in [7, 11) is 0. The van der Waals surface area contributed by atoms with Crippen LogP contribution in [0.25, 0.3) is 9.88 Å². The first-order chi connectivity index (χ1) is 13.2. The largest absolute Gasteiger partial charge is 0.484 e. The van der Waals surface area contributed by atoms with Crippen LogP contribution in [-0.2, 0) is 4.79 Å². The van der Waals surface area contributed by atoms with Crippen molar-refractivity contribution in [3.05, 3.63) is 47.3 Å². The van der Waals surface area contributed by atoms with Gasteiger partial charge in [0.05, 0.1) is 4.88 Å². The Morgan fingerprint density at radius 3 is 2.74 bits per heavy atom. The number of rotatable bonds is 5. The highest BCUT2D eigenvalue weighted by atomic mass is 32.1. The fraction of sp³-hybridized carbons (Fsp3) is 0.316. The van der Waals surface area contributed by atoms with Gasteiger partial charge in [0.15, 0.2) is 11.6 Å². The Balaban J connectivity index is 1.29. The van der Waals surface area contributed by atoms with Gasteiger partial charge in [0.2, 0.25) is 5.13 Å². The lowest BCUT2D eigenvalue weighted by Gasteiger charge is -2.34. The number of piperazine rings is 1. The molecule has 0 unspecified atom stereocenters. The molecule has 0 aliphatic carbocycles. The molecule has 1 aliphatic heterocycles. The Morgan fingerprint density at radius 2 is 2.00 bits per heavy atom. The van der Waals surface area contributed by atoms with Crippen LogP contribution in [0.5, 0.6) is 5.75 Å². The fourth-order valence-corrected chi connectivity index (χ4v) is 4.62. The highest BCUT2D eigenvalue weighted by Gasteiger charge is 2.24. The molecule has 0 atom stereocenters. The molecular weight excluding hydrogens is 380 g/mol. The van der Waals surface area contributed by atoms with Crippen molar-refractivity contribution in [2.75, 3.05) is 37.7 Å². The van der Waals surface area contributed by atoms with E-state index in [9.17, 15) is 4.79 Å². The van der Waals surface area contributed by atoms with E-state index in [1.54, 1.807) is 22.7 Å². The number of anilines is 1. The van der Waals surface area contributed by atoms with Gasteiger partial charge >= 0.3 is 0 Å². The van der Waals surface area contributed by atoms with Gasteiger partial charge in [0.1, 0.15) is 5.75 Å². The second-order valence-corrected chi connectivity index (χ2v) is 8.24. The molecule has 0 spiro atoms. The van der Waals surface area contributed by atoms with Gasteiger partial charge in [-0.15, -0.1) is 21.5 Å². The lowest BCUT2D eigenvalue weighted by Crippen LogP contribution is -2.50. The van der Waals surface area contributed by atoms with Crippen LogP contribution in [0.3, 0.4) is 0 Å². The molecule has 6 nitrogen and oxygen atoms in total. The molecule has 0 radical (unpaired) electrons. The lowest BCUT2D eigenvalue weighted by atomic mass is 10.2. The van der Waals surface area contributed by atoms with Crippen molar-refractivity contribution in [3.8, 4) is 15.6 Å². The van der Waals surface area contributed by atoms with E-state index in [1.807, 2.05) is 47.5 Å². The quantitative estimate of drug-likeness (QED) is 0.658. The van der Waals surface area contributed by atoms with E-state index in [0.29, 0.717) is 13.1 Å². The average Bonchev–Trinajstić information content (AvgIpc) is 3.38. The summed E-state index contributed by atoms with van der Waals surface area (Å²) < 4.78 is 5.63. The number of thiophene rings is 1. The van der Waals surface area contributed by atoms with Gasteiger partial charge in [-0.25, -0.2) is 0 Å². The SMILES string of the molecule is Cc1cccc(OCC(=O)N2CCN(c3nnc(-c4cccs4)s3)CC2)c1. The minimum atomic E-state index is 0.0210. The molecule has 1 fully saturated rings. The molecule has 2 aromatic heterocycles. The van der Waals surface area contributed by atoms with Crippen LogP contribution in [0.4, 0.5) is 5.13 Å². The van der Waals surface area contributed by atoms with Crippen LogP contribution in [0.15, 0.2) is 41.8 Å². The first kappa shape index (κ1) is 17.9. The molecule has 27 heavy (non-hydrogen) atoms. The zero-order valence-corrected chi connectivity index (χ0v) is 16.6. The maximum Gasteiger partial charge on any atom is 0.260 e. The number of carbonyl (C=O) groups is 1. The number of aryl methyl sites for hydroxylation is 1. The van der Waals surface area contributed by atoms with E-state index in [1.165, 1.54) is 0 Å². The Labute approximate surface area is 166 Å². The molecule has 8 heteroatoms. The van der Waals surface area contributed by atoms with Crippen molar-refractivity contribution in [2.24, 2.45) is 0 Å². The number of nitrogens with zero attached hydrogens (tertiary/aromatic N) is 4. The number of carbonyl (C=O) groups excluding carboxylic acids is 1. The fourth-order valence-electron chi connectivity index (χ4n) is 2.93. The maximum atomic E-state index is 12.4. The van der Waals surface area contributed by atoms with E-state index < -0.39 is 0 Å². The third kappa shape index (κ3) is 4.28. The van der Waals surface area contributed by atoms with Crippen LogP contribution in [0.1, 0.15) is 5.56 Å². The highest BCUT2D eigenvalue weighted by Crippen LogP contribution is 2.31. The summed E-state index contributed by atoms with van der Waals surface area (Å²) in [4.78, 5) is 17.6. The van der Waals surface area contributed by atoms with Crippen molar-refractivity contribution < 1.29 is 9.53 Å². The standard InChI is InChI=1S/C19H20N4O2S2/c1-14-4-2-5-15(12-14)25-13-17(24)22-7-9-23(10-8-22)19-21-20-18(27-19)16-6-3-11-26-16/h2-6,11-12H,7-10,13H2,1H3. The monoisotopic (exact) mass is 400 g/mol. The molecule has 0 N–H and O–H groups in total. The summed E-state index contributed by atoms with van der Waals surface area (Å²) in [6.45, 7) is 4.94. The Kier molecular flexibility index (Phi) is 5.35. The third-order valence-corrected chi connectivity index (χ3v) is 6.42. The molecule has 1 amide bonds. The molecule has 140 valence electrons. The predicted octanol–water partition coefficient (Wildman–Crippen LogP) is 3.30. The van der Waals surface area contributed by atoms with Gasteiger partial charge in [-0.2, -0.15) is 0 Å². The maximum absolute atomic E-state index is 12.4. The van der Waals surface area contributed by atoms with Crippen LogP contribution < -0.4 is 9.64 Å². The van der Waals surface area contributed by atoms with E-state index in [4.69, 9.17) is 4.74 Å². The second-order valence-electron chi connectivity index (χ2n) is 6.34.